The van der Waals surface area contributed by atoms with Crippen molar-refractivity contribution in [3.8, 4) is 11.1 Å². The van der Waals surface area contributed by atoms with Crippen LogP contribution in [0.3, 0.4) is 0 Å². The summed E-state index contributed by atoms with van der Waals surface area (Å²) < 4.78 is 0. The van der Waals surface area contributed by atoms with Gasteiger partial charge in [0, 0.05) is 42.3 Å². The highest BCUT2D eigenvalue weighted by Crippen LogP contribution is 2.37. The van der Waals surface area contributed by atoms with E-state index in [-0.39, 0.29) is 0 Å². The van der Waals surface area contributed by atoms with Crippen molar-refractivity contribution in [3.63, 3.8) is 0 Å². The van der Waals surface area contributed by atoms with E-state index in [0.717, 1.165) is 38.4 Å². The molecule has 1 atom stereocenters. The van der Waals surface area contributed by atoms with E-state index in [1.807, 2.05) is 32.3 Å². The first-order valence-electron chi connectivity index (χ1n) is 8.31. The van der Waals surface area contributed by atoms with Gasteiger partial charge in [0.15, 0.2) is 0 Å². The smallest absolute Gasteiger partial charge is 0.127 e. The van der Waals surface area contributed by atoms with Crippen LogP contribution in [0.25, 0.3) is 21.3 Å². The SMILES string of the molecule is CN(C)c1ccc(-c2csc3ncnc(C(N)c4ccccn4)c23)cc1. The van der Waals surface area contributed by atoms with Gasteiger partial charge in [-0.15, -0.1) is 11.3 Å². The van der Waals surface area contributed by atoms with Gasteiger partial charge in [-0.25, -0.2) is 9.97 Å². The number of nitrogens with zero attached hydrogens (tertiary/aromatic N) is 4. The minimum absolute atomic E-state index is 0.393. The molecule has 6 heteroatoms. The molecule has 3 heterocycles. The lowest BCUT2D eigenvalue weighted by molar-refractivity contribution is 0.800. The molecule has 0 aliphatic heterocycles. The maximum atomic E-state index is 6.50. The standard InChI is InChI=1S/C20H19N5S/c1-25(2)14-8-6-13(7-9-14)15-11-26-20-17(15)19(23-12-24-20)18(21)16-5-3-4-10-22-16/h3-12,18H,21H2,1-2H3. The van der Waals surface area contributed by atoms with Gasteiger partial charge in [-0.05, 0) is 29.8 Å². The number of fused-ring (bicyclic) bond motifs is 1. The third-order valence-electron chi connectivity index (χ3n) is 4.40. The summed E-state index contributed by atoms with van der Waals surface area (Å²) in [7, 11) is 4.07. The molecule has 0 bridgehead atoms. The number of hydrogen-bond donors (Lipinski definition) is 1. The maximum absolute atomic E-state index is 6.50. The van der Waals surface area contributed by atoms with Crippen molar-refractivity contribution in [3.05, 3.63) is 71.8 Å². The second-order valence-corrected chi connectivity index (χ2v) is 7.12. The predicted octanol–water partition coefficient (Wildman–Crippen LogP) is 3.87. The Kier molecular flexibility index (Phi) is 4.36. The number of nitrogens with two attached hydrogens (primary N) is 1. The summed E-state index contributed by atoms with van der Waals surface area (Å²) in [5.41, 5.74) is 11.5. The second-order valence-electron chi connectivity index (χ2n) is 6.26. The second kappa shape index (κ2) is 6.82. The molecule has 1 unspecified atom stereocenters. The molecule has 0 fully saturated rings. The van der Waals surface area contributed by atoms with E-state index in [1.54, 1.807) is 23.9 Å². The lowest BCUT2D eigenvalue weighted by atomic mass is 10.0. The Labute approximate surface area is 156 Å². The number of thiophene rings is 1. The number of aromatic nitrogens is 3. The first-order valence-corrected chi connectivity index (χ1v) is 9.19. The predicted molar refractivity (Wildman–Crippen MR) is 107 cm³/mol. The average Bonchev–Trinajstić information content (AvgIpc) is 3.12. The van der Waals surface area contributed by atoms with Crippen molar-refractivity contribution < 1.29 is 0 Å². The van der Waals surface area contributed by atoms with Crippen LogP contribution in [0, 0.1) is 0 Å². The zero-order valence-electron chi connectivity index (χ0n) is 14.6. The Balaban J connectivity index is 1.84. The fraction of sp³-hybridized carbons (Fsp3) is 0.150. The lowest BCUT2D eigenvalue weighted by Crippen LogP contribution is -2.15. The van der Waals surface area contributed by atoms with E-state index in [0.29, 0.717) is 0 Å². The molecular weight excluding hydrogens is 342 g/mol. The first-order chi connectivity index (χ1) is 12.6. The van der Waals surface area contributed by atoms with E-state index in [4.69, 9.17) is 5.73 Å². The summed E-state index contributed by atoms with van der Waals surface area (Å²) >= 11 is 1.61. The van der Waals surface area contributed by atoms with Crippen LogP contribution in [-0.4, -0.2) is 29.0 Å². The molecule has 4 rings (SSSR count). The van der Waals surface area contributed by atoms with Crippen LogP contribution in [0.4, 0.5) is 5.69 Å². The van der Waals surface area contributed by atoms with Crippen molar-refractivity contribution in [1.29, 1.82) is 0 Å². The van der Waals surface area contributed by atoms with E-state index >= 15 is 0 Å². The number of anilines is 1. The van der Waals surface area contributed by atoms with Gasteiger partial charge in [0.25, 0.3) is 0 Å². The number of pyridine rings is 1. The van der Waals surface area contributed by atoms with E-state index in [1.165, 1.54) is 0 Å². The van der Waals surface area contributed by atoms with Crippen molar-refractivity contribution in [2.45, 2.75) is 6.04 Å². The molecule has 2 N–H and O–H groups in total. The first kappa shape index (κ1) is 16.6. The van der Waals surface area contributed by atoms with E-state index < -0.39 is 6.04 Å². The molecule has 130 valence electrons. The van der Waals surface area contributed by atoms with Crippen LogP contribution in [0.2, 0.25) is 0 Å². The quantitative estimate of drug-likeness (QED) is 0.598. The van der Waals surface area contributed by atoms with Gasteiger partial charge in [-0.2, -0.15) is 0 Å². The monoisotopic (exact) mass is 361 g/mol. The van der Waals surface area contributed by atoms with Crippen LogP contribution in [-0.2, 0) is 0 Å². The van der Waals surface area contributed by atoms with Gasteiger partial charge in [-0.1, -0.05) is 18.2 Å². The Morgan fingerprint density at radius 2 is 1.81 bits per heavy atom. The fourth-order valence-electron chi connectivity index (χ4n) is 2.99. The van der Waals surface area contributed by atoms with E-state index in [9.17, 15) is 0 Å². The van der Waals surface area contributed by atoms with Crippen LogP contribution in [0.1, 0.15) is 17.4 Å². The number of rotatable bonds is 4. The van der Waals surface area contributed by atoms with Crippen LogP contribution >= 0.6 is 11.3 Å². The molecule has 0 aliphatic rings. The highest BCUT2D eigenvalue weighted by Gasteiger charge is 2.19. The van der Waals surface area contributed by atoms with Crippen molar-refractivity contribution >= 4 is 27.2 Å². The van der Waals surface area contributed by atoms with Gasteiger partial charge in [0.05, 0.1) is 17.4 Å². The summed E-state index contributed by atoms with van der Waals surface area (Å²) in [6.07, 6.45) is 3.33. The van der Waals surface area contributed by atoms with Crippen molar-refractivity contribution in [1.82, 2.24) is 15.0 Å². The molecule has 5 nitrogen and oxygen atoms in total. The molecule has 26 heavy (non-hydrogen) atoms. The van der Waals surface area contributed by atoms with Crippen molar-refractivity contribution in [2.75, 3.05) is 19.0 Å². The van der Waals surface area contributed by atoms with Gasteiger partial charge < -0.3 is 10.6 Å². The molecule has 0 saturated carbocycles. The summed E-state index contributed by atoms with van der Waals surface area (Å²) in [6, 6.07) is 13.8. The maximum Gasteiger partial charge on any atom is 0.127 e. The zero-order chi connectivity index (χ0) is 18.1. The Hall–Kier alpha value is -2.83. The summed E-state index contributed by atoms with van der Waals surface area (Å²) in [4.78, 5) is 16.4. The highest BCUT2D eigenvalue weighted by atomic mass is 32.1. The van der Waals surface area contributed by atoms with Gasteiger partial charge in [0.1, 0.15) is 11.2 Å². The minimum Gasteiger partial charge on any atom is -0.378 e. The largest absolute Gasteiger partial charge is 0.378 e. The molecule has 0 amide bonds. The summed E-state index contributed by atoms with van der Waals surface area (Å²) in [5.74, 6) is 0. The number of benzene rings is 1. The Bertz CT molecular complexity index is 1030. The third-order valence-corrected chi connectivity index (χ3v) is 5.28. The molecule has 3 aromatic heterocycles. The van der Waals surface area contributed by atoms with Crippen LogP contribution in [0.5, 0.6) is 0 Å². The zero-order valence-corrected chi connectivity index (χ0v) is 15.4. The molecule has 1 aromatic carbocycles. The van der Waals surface area contributed by atoms with Gasteiger partial charge in [0.2, 0.25) is 0 Å². The fourth-order valence-corrected chi connectivity index (χ4v) is 3.91. The summed E-state index contributed by atoms with van der Waals surface area (Å²) in [6.45, 7) is 0. The molecular formula is C20H19N5S. The van der Waals surface area contributed by atoms with Crippen LogP contribution in [0.15, 0.2) is 60.4 Å². The lowest BCUT2D eigenvalue weighted by Gasteiger charge is -2.14. The topological polar surface area (TPSA) is 67.9 Å². The highest BCUT2D eigenvalue weighted by molar-refractivity contribution is 7.17. The molecule has 0 saturated heterocycles. The minimum atomic E-state index is -0.393. The van der Waals surface area contributed by atoms with E-state index in [2.05, 4.69) is 49.5 Å². The average molecular weight is 361 g/mol. The number of hydrogen-bond acceptors (Lipinski definition) is 6. The molecule has 0 aliphatic carbocycles. The summed E-state index contributed by atoms with van der Waals surface area (Å²) in [5, 5.41) is 3.13. The van der Waals surface area contributed by atoms with Gasteiger partial charge >= 0.3 is 0 Å². The molecule has 0 spiro atoms. The third kappa shape index (κ3) is 2.94. The van der Waals surface area contributed by atoms with Gasteiger partial charge in [-0.3, -0.25) is 4.98 Å². The Morgan fingerprint density at radius 1 is 1.00 bits per heavy atom. The Morgan fingerprint density at radius 3 is 2.50 bits per heavy atom. The normalized spacial score (nSPS) is 12.3. The molecule has 4 aromatic rings. The molecule has 0 radical (unpaired) electrons. The van der Waals surface area contributed by atoms with Crippen LogP contribution < -0.4 is 10.6 Å². The van der Waals surface area contributed by atoms with Crippen molar-refractivity contribution in [2.24, 2.45) is 5.73 Å².